The van der Waals surface area contributed by atoms with Crippen molar-refractivity contribution in [1.29, 1.82) is 0 Å². The molecule has 6 nitrogen and oxygen atoms in total. The molecule has 148 valence electrons. The molecule has 1 aliphatic heterocycles. The quantitative estimate of drug-likeness (QED) is 0.625. The molecule has 0 bridgehead atoms. The number of benzene rings is 1. The van der Waals surface area contributed by atoms with E-state index in [0.29, 0.717) is 29.3 Å². The van der Waals surface area contributed by atoms with Gasteiger partial charge in [-0.3, -0.25) is 4.90 Å². The summed E-state index contributed by atoms with van der Waals surface area (Å²) in [4.78, 5) is 15.9. The second-order valence-electron chi connectivity index (χ2n) is 6.95. The van der Waals surface area contributed by atoms with Crippen molar-refractivity contribution in [3.63, 3.8) is 0 Å². The molecule has 0 N–H and O–H groups in total. The molecule has 0 radical (unpaired) electrons. The van der Waals surface area contributed by atoms with Crippen LogP contribution in [0.3, 0.4) is 0 Å². The van der Waals surface area contributed by atoms with Crippen LogP contribution in [-0.4, -0.2) is 53.2 Å². The van der Waals surface area contributed by atoms with Crippen LogP contribution in [-0.2, 0) is 0 Å². The van der Waals surface area contributed by atoms with Crippen LogP contribution >= 0.6 is 0 Å². The van der Waals surface area contributed by atoms with E-state index in [4.69, 9.17) is 9.47 Å². The minimum Gasteiger partial charge on any atom is -0.497 e. The Morgan fingerprint density at radius 1 is 1.00 bits per heavy atom. The van der Waals surface area contributed by atoms with Gasteiger partial charge < -0.3 is 9.47 Å². The number of methoxy groups -OCH3 is 1. The van der Waals surface area contributed by atoms with Crippen LogP contribution in [0.25, 0.3) is 11.2 Å². The molecule has 1 aliphatic rings. The molecule has 2 aromatic heterocycles. The Morgan fingerprint density at radius 2 is 1.83 bits per heavy atom. The average Bonchev–Trinajstić information content (AvgIpc) is 2.78. The van der Waals surface area contributed by atoms with E-state index in [1.165, 1.54) is 19.3 Å². The molecule has 29 heavy (non-hydrogen) atoms. The van der Waals surface area contributed by atoms with Crippen molar-refractivity contribution >= 4 is 11.2 Å². The van der Waals surface area contributed by atoms with Crippen LogP contribution in [0.15, 0.2) is 42.6 Å². The van der Waals surface area contributed by atoms with Gasteiger partial charge in [0, 0.05) is 18.3 Å². The van der Waals surface area contributed by atoms with Crippen molar-refractivity contribution in [2.75, 3.05) is 33.4 Å². The molecule has 4 rings (SSSR count). The molecule has 0 saturated carbocycles. The van der Waals surface area contributed by atoms with E-state index in [1.54, 1.807) is 13.3 Å². The molecular formula is C23H24N4O2. The molecule has 0 unspecified atom stereocenters. The van der Waals surface area contributed by atoms with E-state index in [0.717, 1.165) is 30.9 Å². The van der Waals surface area contributed by atoms with E-state index in [9.17, 15) is 0 Å². The van der Waals surface area contributed by atoms with Gasteiger partial charge in [-0.25, -0.2) is 15.0 Å². The lowest BCUT2D eigenvalue weighted by atomic mass is 10.1. The minimum absolute atomic E-state index is 0.462. The van der Waals surface area contributed by atoms with E-state index in [1.807, 2.05) is 36.4 Å². The lowest BCUT2D eigenvalue weighted by Gasteiger charge is -2.26. The lowest BCUT2D eigenvalue weighted by Crippen LogP contribution is -2.33. The normalized spacial score (nSPS) is 14.2. The van der Waals surface area contributed by atoms with Gasteiger partial charge in [-0.1, -0.05) is 12.3 Å². The number of fused-ring (bicyclic) bond motifs is 1. The van der Waals surface area contributed by atoms with Gasteiger partial charge in [0.05, 0.1) is 7.11 Å². The summed E-state index contributed by atoms with van der Waals surface area (Å²) in [6, 6.07) is 11.3. The Hall–Kier alpha value is -3.17. The van der Waals surface area contributed by atoms with Crippen molar-refractivity contribution in [2.45, 2.75) is 19.3 Å². The van der Waals surface area contributed by atoms with Crippen LogP contribution in [0.4, 0.5) is 0 Å². The highest BCUT2D eigenvalue weighted by molar-refractivity contribution is 5.71. The maximum Gasteiger partial charge on any atom is 0.249 e. The van der Waals surface area contributed by atoms with Crippen molar-refractivity contribution in [3.8, 4) is 23.5 Å². The molecule has 1 aromatic carbocycles. The summed E-state index contributed by atoms with van der Waals surface area (Å²) in [5.41, 5.74) is 2.64. The summed E-state index contributed by atoms with van der Waals surface area (Å²) in [6.45, 7) is 3.73. The fourth-order valence-corrected chi connectivity index (χ4v) is 3.32. The summed E-state index contributed by atoms with van der Waals surface area (Å²) in [7, 11) is 1.64. The number of piperidine rings is 1. The Morgan fingerprint density at radius 3 is 2.62 bits per heavy atom. The largest absolute Gasteiger partial charge is 0.497 e. The van der Waals surface area contributed by atoms with E-state index in [-0.39, 0.29) is 0 Å². The van der Waals surface area contributed by atoms with Crippen molar-refractivity contribution < 1.29 is 9.47 Å². The molecular weight excluding hydrogens is 364 g/mol. The predicted molar refractivity (Wildman–Crippen MR) is 112 cm³/mol. The molecule has 3 heterocycles. The van der Waals surface area contributed by atoms with Crippen molar-refractivity contribution in [3.05, 3.63) is 53.9 Å². The molecule has 0 aliphatic carbocycles. The van der Waals surface area contributed by atoms with E-state index in [2.05, 4.69) is 31.7 Å². The first kappa shape index (κ1) is 19.2. The highest BCUT2D eigenvalue weighted by atomic mass is 16.5. The number of nitrogens with zero attached hydrogens (tertiary/aromatic N) is 4. The third-order valence-electron chi connectivity index (χ3n) is 4.92. The standard InChI is InChI=1S/C23H24N4O2/c1-28-19-10-7-18(8-11-19)9-12-21-23(26-20-6-5-13-24-22(20)25-21)29-17-16-27-14-3-2-4-15-27/h5-8,10-11,13H,2-4,14-17H2,1H3. The van der Waals surface area contributed by atoms with E-state index < -0.39 is 0 Å². The number of pyridine rings is 1. The maximum absolute atomic E-state index is 6.01. The van der Waals surface area contributed by atoms with Gasteiger partial charge in [-0.05, 0) is 68.2 Å². The summed E-state index contributed by atoms with van der Waals surface area (Å²) in [5.74, 6) is 7.50. The Labute approximate surface area is 170 Å². The van der Waals surface area contributed by atoms with Gasteiger partial charge in [0.1, 0.15) is 17.9 Å². The van der Waals surface area contributed by atoms with Crippen molar-refractivity contribution in [2.24, 2.45) is 0 Å². The summed E-state index contributed by atoms with van der Waals surface area (Å²) < 4.78 is 11.2. The molecule has 0 atom stereocenters. The highest BCUT2D eigenvalue weighted by Gasteiger charge is 2.12. The summed E-state index contributed by atoms with van der Waals surface area (Å²) in [6.07, 6.45) is 5.56. The first-order valence-corrected chi connectivity index (χ1v) is 9.96. The number of likely N-dealkylation sites (tertiary alicyclic amines) is 1. The second-order valence-corrected chi connectivity index (χ2v) is 6.95. The fourth-order valence-electron chi connectivity index (χ4n) is 3.32. The zero-order valence-corrected chi connectivity index (χ0v) is 16.6. The van der Waals surface area contributed by atoms with Gasteiger partial charge in [0.15, 0.2) is 11.3 Å². The van der Waals surface area contributed by atoms with Crippen LogP contribution in [0.1, 0.15) is 30.5 Å². The second kappa shape index (κ2) is 9.35. The van der Waals surface area contributed by atoms with Crippen LogP contribution in [0.2, 0.25) is 0 Å². The van der Waals surface area contributed by atoms with Gasteiger partial charge >= 0.3 is 0 Å². The SMILES string of the molecule is COc1ccc(C#Cc2nc3ncccc3nc2OCCN2CCCCC2)cc1. The summed E-state index contributed by atoms with van der Waals surface area (Å²) in [5, 5.41) is 0. The number of aromatic nitrogens is 3. The third-order valence-corrected chi connectivity index (χ3v) is 4.92. The fraction of sp³-hybridized carbons (Fsp3) is 0.348. The third kappa shape index (κ3) is 5.01. The molecule has 1 fully saturated rings. The van der Waals surface area contributed by atoms with Crippen molar-refractivity contribution in [1.82, 2.24) is 19.9 Å². The first-order chi connectivity index (χ1) is 14.3. The smallest absolute Gasteiger partial charge is 0.249 e. The molecule has 1 saturated heterocycles. The number of ether oxygens (including phenoxy) is 2. The first-order valence-electron chi connectivity index (χ1n) is 9.96. The van der Waals surface area contributed by atoms with Gasteiger partial charge in [-0.2, -0.15) is 0 Å². The van der Waals surface area contributed by atoms with E-state index >= 15 is 0 Å². The molecule has 3 aromatic rings. The van der Waals surface area contributed by atoms with Crippen LogP contribution in [0.5, 0.6) is 11.6 Å². The number of rotatable bonds is 5. The zero-order valence-electron chi connectivity index (χ0n) is 16.6. The number of hydrogen-bond donors (Lipinski definition) is 0. The Balaban J connectivity index is 1.55. The van der Waals surface area contributed by atoms with Gasteiger partial charge in [0.25, 0.3) is 0 Å². The van der Waals surface area contributed by atoms with Crippen LogP contribution in [0, 0.1) is 11.8 Å². The average molecular weight is 388 g/mol. The highest BCUT2D eigenvalue weighted by Crippen LogP contribution is 2.18. The number of hydrogen-bond acceptors (Lipinski definition) is 6. The van der Waals surface area contributed by atoms with Gasteiger partial charge in [0.2, 0.25) is 5.88 Å². The predicted octanol–water partition coefficient (Wildman–Crippen LogP) is 3.30. The zero-order chi connectivity index (χ0) is 19.9. The molecule has 0 amide bonds. The lowest BCUT2D eigenvalue weighted by molar-refractivity contribution is 0.180. The monoisotopic (exact) mass is 388 g/mol. The maximum atomic E-state index is 6.01. The van der Waals surface area contributed by atoms with Gasteiger partial charge in [-0.15, -0.1) is 0 Å². The van der Waals surface area contributed by atoms with Crippen LogP contribution < -0.4 is 9.47 Å². The Kier molecular flexibility index (Phi) is 6.18. The topological polar surface area (TPSA) is 60.4 Å². The Bertz CT molecular complexity index is 1020. The minimum atomic E-state index is 0.462. The summed E-state index contributed by atoms with van der Waals surface area (Å²) >= 11 is 0. The molecule has 6 heteroatoms. The molecule has 0 spiro atoms.